The topological polar surface area (TPSA) is 41.6 Å². The number of benzene rings is 1. The lowest BCUT2D eigenvalue weighted by molar-refractivity contribution is -0.116. The Kier molecular flexibility index (Phi) is 5.40. The summed E-state index contributed by atoms with van der Waals surface area (Å²) in [5.41, 5.74) is 0.863. The number of halogens is 1. The molecule has 1 aliphatic rings. The number of ether oxygens (including phenoxy) is 1. The van der Waals surface area contributed by atoms with Gasteiger partial charge in [0.25, 0.3) is 0 Å². The van der Waals surface area contributed by atoms with Gasteiger partial charge in [-0.1, -0.05) is 0 Å². The minimum Gasteiger partial charge on any atom is -0.379 e. The third-order valence-corrected chi connectivity index (χ3v) is 3.61. The Morgan fingerprint density at radius 3 is 2.61 bits per heavy atom. The van der Waals surface area contributed by atoms with Gasteiger partial charge in [0.05, 0.1) is 13.2 Å². The van der Waals surface area contributed by atoms with Crippen LogP contribution in [0.25, 0.3) is 0 Å². The molecule has 0 aromatic heterocycles. The fourth-order valence-corrected chi connectivity index (χ4v) is 2.20. The summed E-state index contributed by atoms with van der Waals surface area (Å²) < 4.78 is 6.44. The number of hydrogen-bond acceptors (Lipinski definition) is 3. The van der Waals surface area contributed by atoms with Gasteiger partial charge in [-0.25, -0.2) is 0 Å². The van der Waals surface area contributed by atoms with Crippen LogP contribution in [0.2, 0.25) is 0 Å². The summed E-state index contributed by atoms with van der Waals surface area (Å²) in [6.07, 6.45) is 0.534. The molecule has 1 fully saturated rings. The first-order chi connectivity index (χ1) is 8.74. The van der Waals surface area contributed by atoms with Gasteiger partial charge in [0.2, 0.25) is 5.91 Å². The summed E-state index contributed by atoms with van der Waals surface area (Å²) in [6.45, 7) is 4.21. The normalized spacial score (nSPS) is 16.5. The van der Waals surface area contributed by atoms with E-state index in [9.17, 15) is 4.79 Å². The number of hydrogen-bond donors (Lipinski definition) is 1. The number of anilines is 1. The second-order valence-electron chi connectivity index (χ2n) is 4.26. The predicted octanol–water partition coefficient (Wildman–Crippen LogP) is 1.95. The SMILES string of the molecule is O=C(CCN1CCOCC1)Nc1ccc(I)cc1. The minimum atomic E-state index is 0.0719. The van der Waals surface area contributed by atoms with Crippen molar-refractivity contribution in [1.29, 1.82) is 0 Å². The fourth-order valence-electron chi connectivity index (χ4n) is 1.84. The number of amides is 1. The first-order valence-electron chi connectivity index (χ1n) is 6.09. The van der Waals surface area contributed by atoms with E-state index in [4.69, 9.17) is 4.74 Å². The van der Waals surface area contributed by atoms with E-state index in [1.54, 1.807) is 0 Å². The quantitative estimate of drug-likeness (QED) is 0.835. The van der Waals surface area contributed by atoms with Crippen molar-refractivity contribution >= 4 is 34.2 Å². The number of rotatable bonds is 4. The Morgan fingerprint density at radius 1 is 1.28 bits per heavy atom. The third kappa shape index (κ3) is 4.55. The van der Waals surface area contributed by atoms with Crippen molar-refractivity contribution in [2.75, 3.05) is 38.2 Å². The first kappa shape index (κ1) is 13.8. The van der Waals surface area contributed by atoms with Crippen molar-refractivity contribution in [2.24, 2.45) is 0 Å². The zero-order valence-electron chi connectivity index (χ0n) is 10.2. The second kappa shape index (κ2) is 7.06. The predicted molar refractivity (Wildman–Crippen MR) is 79.7 cm³/mol. The second-order valence-corrected chi connectivity index (χ2v) is 5.50. The van der Waals surface area contributed by atoms with Crippen LogP contribution in [0.3, 0.4) is 0 Å². The number of carbonyl (C=O) groups is 1. The molecule has 1 aromatic carbocycles. The van der Waals surface area contributed by atoms with Crippen molar-refractivity contribution < 1.29 is 9.53 Å². The maximum Gasteiger partial charge on any atom is 0.225 e. The highest BCUT2D eigenvalue weighted by Crippen LogP contribution is 2.11. The summed E-state index contributed by atoms with van der Waals surface area (Å²) in [7, 11) is 0. The molecule has 1 heterocycles. The van der Waals surface area contributed by atoms with E-state index >= 15 is 0 Å². The van der Waals surface area contributed by atoms with E-state index in [2.05, 4.69) is 32.8 Å². The highest BCUT2D eigenvalue weighted by atomic mass is 127. The van der Waals surface area contributed by atoms with Crippen molar-refractivity contribution in [3.8, 4) is 0 Å². The largest absolute Gasteiger partial charge is 0.379 e. The van der Waals surface area contributed by atoms with E-state index in [0.717, 1.165) is 38.5 Å². The van der Waals surface area contributed by atoms with E-state index < -0.39 is 0 Å². The van der Waals surface area contributed by atoms with Crippen molar-refractivity contribution in [1.82, 2.24) is 4.90 Å². The van der Waals surface area contributed by atoms with Gasteiger partial charge >= 0.3 is 0 Å². The lowest BCUT2D eigenvalue weighted by Crippen LogP contribution is -2.38. The molecule has 18 heavy (non-hydrogen) atoms. The molecular weight excluding hydrogens is 343 g/mol. The van der Waals surface area contributed by atoms with Crippen LogP contribution in [0.5, 0.6) is 0 Å². The maximum absolute atomic E-state index is 11.8. The number of carbonyl (C=O) groups excluding carboxylic acids is 1. The van der Waals surface area contributed by atoms with Crippen LogP contribution in [-0.4, -0.2) is 43.7 Å². The Hall–Kier alpha value is -0.660. The summed E-state index contributed by atoms with van der Waals surface area (Å²) in [4.78, 5) is 14.0. The summed E-state index contributed by atoms with van der Waals surface area (Å²) in [5.74, 6) is 0.0719. The molecule has 0 radical (unpaired) electrons. The Balaban J connectivity index is 1.73. The average Bonchev–Trinajstić information content (AvgIpc) is 2.40. The van der Waals surface area contributed by atoms with E-state index in [1.165, 1.54) is 3.57 Å². The van der Waals surface area contributed by atoms with Crippen molar-refractivity contribution in [3.63, 3.8) is 0 Å². The summed E-state index contributed by atoms with van der Waals surface area (Å²) in [6, 6.07) is 7.82. The molecule has 0 bridgehead atoms. The van der Waals surface area contributed by atoms with Crippen molar-refractivity contribution in [2.45, 2.75) is 6.42 Å². The van der Waals surface area contributed by atoms with Gasteiger partial charge in [0, 0.05) is 35.3 Å². The summed E-state index contributed by atoms with van der Waals surface area (Å²) >= 11 is 2.24. The monoisotopic (exact) mass is 360 g/mol. The smallest absolute Gasteiger partial charge is 0.225 e. The van der Waals surface area contributed by atoms with E-state index in [-0.39, 0.29) is 5.91 Å². The molecule has 1 amide bonds. The molecule has 2 rings (SSSR count). The van der Waals surface area contributed by atoms with Crippen molar-refractivity contribution in [3.05, 3.63) is 27.8 Å². The molecule has 0 atom stereocenters. The highest BCUT2D eigenvalue weighted by Gasteiger charge is 2.11. The molecule has 0 saturated carbocycles. The van der Waals surface area contributed by atoms with Gasteiger partial charge < -0.3 is 10.1 Å². The average molecular weight is 360 g/mol. The first-order valence-corrected chi connectivity index (χ1v) is 7.17. The van der Waals surface area contributed by atoms with Crippen LogP contribution in [0.4, 0.5) is 5.69 Å². The third-order valence-electron chi connectivity index (χ3n) is 2.89. The van der Waals surface area contributed by atoms with Gasteiger partial charge in [0.15, 0.2) is 0 Å². The molecule has 0 spiro atoms. The highest BCUT2D eigenvalue weighted by molar-refractivity contribution is 14.1. The summed E-state index contributed by atoms with van der Waals surface area (Å²) in [5, 5.41) is 2.91. The molecule has 1 N–H and O–H groups in total. The van der Waals surface area contributed by atoms with Gasteiger partial charge in [-0.2, -0.15) is 0 Å². The lowest BCUT2D eigenvalue weighted by atomic mass is 10.3. The zero-order valence-corrected chi connectivity index (χ0v) is 12.4. The molecule has 1 aliphatic heterocycles. The fraction of sp³-hybridized carbons (Fsp3) is 0.462. The minimum absolute atomic E-state index is 0.0719. The number of nitrogens with zero attached hydrogens (tertiary/aromatic N) is 1. The Morgan fingerprint density at radius 2 is 1.94 bits per heavy atom. The van der Waals surface area contributed by atoms with Gasteiger partial charge in [-0.3, -0.25) is 9.69 Å². The Labute approximate surface area is 121 Å². The molecule has 5 heteroatoms. The standard InChI is InChI=1S/C13H17IN2O2/c14-11-1-3-12(4-2-11)15-13(17)5-6-16-7-9-18-10-8-16/h1-4H,5-10H2,(H,15,17). The molecule has 0 aliphatic carbocycles. The molecule has 4 nitrogen and oxygen atoms in total. The van der Waals surface area contributed by atoms with Crippen LogP contribution in [0, 0.1) is 3.57 Å². The maximum atomic E-state index is 11.8. The molecule has 1 aromatic rings. The van der Waals surface area contributed by atoms with Gasteiger partial charge in [0.1, 0.15) is 0 Å². The number of nitrogens with one attached hydrogen (secondary N) is 1. The molecule has 1 saturated heterocycles. The van der Waals surface area contributed by atoms with Crippen LogP contribution < -0.4 is 5.32 Å². The van der Waals surface area contributed by atoms with E-state index in [1.807, 2.05) is 24.3 Å². The zero-order chi connectivity index (χ0) is 12.8. The van der Waals surface area contributed by atoms with Crippen LogP contribution in [0.15, 0.2) is 24.3 Å². The Bertz CT molecular complexity index is 388. The lowest BCUT2D eigenvalue weighted by Gasteiger charge is -2.26. The van der Waals surface area contributed by atoms with Crippen LogP contribution in [-0.2, 0) is 9.53 Å². The van der Waals surface area contributed by atoms with Gasteiger partial charge in [-0.15, -0.1) is 0 Å². The van der Waals surface area contributed by atoms with Crippen LogP contribution in [0.1, 0.15) is 6.42 Å². The molecule has 98 valence electrons. The van der Waals surface area contributed by atoms with Crippen LogP contribution >= 0.6 is 22.6 Å². The number of morpholine rings is 1. The molecular formula is C13H17IN2O2. The molecule has 0 unspecified atom stereocenters. The van der Waals surface area contributed by atoms with E-state index in [0.29, 0.717) is 6.42 Å². The van der Waals surface area contributed by atoms with Gasteiger partial charge in [-0.05, 0) is 46.9 Å².